The number of phenols is 1. The van der Waals surface area contributed by atoms with Crippen LogP contribution in [0.2, 0.25) is 0 Å². The van der Waals surface area contributed by atoms with Gasteiger partial charge in [0, 0.05) is 17.8 Å². The number of hydrogen-bond acceptors (Lipinski definition) is 3. The highest BCUT2D eigenvalue weighted by Crippen LogP contribution is 2.27. The summed E-state index contributed by atoms with van der Waals surface area (Å²) in [5.41, 5.74) is 10.5. The molecule has 1 aromatic carbocycles. The third-order valence-corrected chi connectivity index (χ3v) is 3.58. The van der Waals surface area contributed by atoms with Crippen LogP contribution in [0.3, 0.4) is 0 Å². The van der Waals surface area contributed by atoms with Gasteiger partial charge in [0.25, 0.3) is 0 Å². The predicted octanol–water partition coefficient (Wildman–Crippen LogP) is 1.70. The van der Waals surface area contributed by atoms with E-state index in [1.165, 1.54) is 11.3 Å². The molecule has 94 valence electrons. The number of aromatic nitrogens is 2. The number of fused-ring (bicyclic) bond motifs is 1. The average Bonchev–Trinajstić information content (AvgIpc) is 2.67. The number of rotatable bonds is 1. The summed E-state index contributed by atoms with van der Waals surface area (Å²) in [6.45, 7) is 2.02. The molecule has 3 rings (SSSR count). The van der Waals surface area contributed by atoms with Crippen molar-refractivity contribution in [3.05, 3.63) is 41.2 Å². The molecule has 0 fully saturated rings. The van der Waals surface area contributed by atoms with Crippen LogP contribution in [-0.4, -0.2) is 20.9 Å². The largest absolute Gasteiger partial charge is 0.508 e. The van der Waals surface area contributed by atoms with E-state index in [0.29, 0.717) is 0 Å². The van der Waals surface area contributed by atoms with Crippen molar-refractivity contribution in [1.29, 1.82) is 0 Å². The maximum atomic E-state index is 9.57. The minimum absolute atomic E-state index is 0.248. The zero-order valence-electron chi connectivity index (χ0n) is 10.4. The zero-order chi connectivity index (χ0) is 12.7. The maximum Gasteiger partial charge on any atom is 0.117 e. The van der Waals surface area contributed by atoms with Crippen LogP contribution in [0, 0.1) is 6.92 Å². The standard InChI is InChI=1S/C14H17N3O/c1-9-13-7-10(15)5-6-14(13)17(16-9)11-3-2-4-12(18)8-11/h2-4,8,10,18H,5-7,15H2,1H3. The van der Waals surface area contributed by atoms with Crippen LogP contribution in [0.5, 0.6) is 5.75 Å². The number of nitrogens with two attached hydrogens (primary N) is 1. The molecule has 1 atom stereocenters. The van der Waals surface area contributed by atoms with Gasteiger partial charge in [-0.2, -0.15) is 5.10 Å². The van der Waals surface area contributed by atoms with Gasteiger partial charge < -0.3 is 10.8 Å². The van der Waals surface area contributed by atoms with Crippen LogP contribution in [-0.2, 0) is 12.8 Å². The molecule has 1 aliphatic carbocycles. The van der Waals surface area contributed by atoms with Gasteiger partial charge in [0.05, 0.1) is 11.4 Å². The predicted molar refractivity (Wildman–Crippen MR) is 70.0 cm³/mol. The molecule has 18 heavy (non-hydrogen) atoms. The Morgan fingerprint density at radius 2 is 2.28 bits per heavy atom. The highest BCUT2D eigenvalue weighted by Gasteiger charge is 2.23. The van der Waals surface area contributed by atoms with Gasteiger partial charge in [-0.1, -0.05) is 6.07 Å². The van der Waals surface area contributed by atoms with Crippen molar-refractivity contribution in [3.8, 4) is 11.4 Å². The first-order chi connectivity index (χ1) is 8.65. The van der Waals surface area contributed by atoms with Crippen LogP contribution in [0.25, 0.3) is 5.69 Å². The number of aryl methyl sites for hydroxylation is 1. The smallest absolute Gasteiger partial charge is 0.117 e. The second kappa shape index (κ2) is 4.14. The highest BCUT2D eigenvalue weighted by atomic mass is 16.3. The van der Waals surface area contributed by atoms with E-state index >= 15 is 0 Å². The van der Waals surface area contributed by atoms with Gasteiger partial charge >= 0.3 is 0 Å². The molecule has 2 aromatic rings. The van der Waals surface area contributed by atoms with Crippen LogP contribution in [0.1, 0.15) is 23.4 Å². The Labute approximate surface area is 106 Å². The van der Waals surface area contributed by atoms with Crippen molar-refractivity contribution in [2.24, 2.45) is 5.73 Å². The monoisotopic (exact) mass is 243 g/mol. The molecule has 0 bridgehead atoms. The number of phenolic OH excluding ortho intramolecular Hbond substituents is 1. The number of benzene rings is 1. The van der Waals surface area contributed by atoms with Crippen LogP contribution in [0.4, 0.5) is 0 Å². The van der Waals surface area contributed by atoms with Crippen LogP contribution in [0.15, 0.2) is 24.3 Å². The van der Waals surface area contributed by atoms with E-state index in [-0.39, 0.29) is 11.8 Å². The molecule has 1 aromatic heterocycles. The van der Waals surface area contributed by atoms with E-state index in [1.807, 2.05) is 23.7 Å². The summed E-state index contributed by atoms with van der Waals surface area (Å²) in [6, 6.07) is 7.45. The topological polar surface area (TPSA) is 64.1 Å². The first-order valence-electron chi connectivity index (χ1n) is 6.27. The van der Waals surface area contributed by atoms with E-state index in [0.717, 1.165) is 30.6 Å². The summed E-state index contributed by atoms with van der Waals surface area (Å²) in [7, 11) is 0. The van der Waals surface area contributed by atoms with E-state index in [9.17, 15) is 5.11 Å². The van der Waals surface area contributed by atoms with E-state index < -0.39 is 0 Å². The van der Waals surface area contributed by atoms with Gasteiger partial charge in [-0.05, 0) is 43.9 Å². The third-order valence-electron chi connectivity index (χ3n) is 3.58. The summed E-state index contributed by atoms with van der Waals surface area (Å²) in [5.74, 6) is 0.266. The quantitative estimate of drug-likeness (QED) is 0.801. The van der Waals surface area contributed by atoms with Gasteiger partial charge in [-0.15, -0.1) is 0 Å². The molecule has 3 N–H and O–H groups in total. The number of hydrogen-bond donors (Lipinski definition) is 2. The molecule has 4 heteroatoms. The Balaban J connectivity index is 2.11. The Kier molecular flexibility index (Phi) is 2.59. The molecule has 0 saturated heterocycles. The first-order valence-corrected chi connectivity index (χ1v) is 6.27. The van der Waals surface area contributed by atoms with Crippen molar-refractivity contribution in [3.63, 3.8) is 0 Å². The van der Waals surface area contributed by atoms with Crippen LogP contribution >= 0.6 is 0 Å². The van der Waals surface area contributed by atoms with Crippen molar-refractivity contribution in [1.82, 2.24) is 9.78 Å². The highest BCUT2D eigenvalue weighted by molar-refractivity contribution is 5.42. The van der Waals surface area contributed by atoms with Gasteiger partial charge in [-0.25, -0.2) is 4.68 Å². The lowest BCUT2D eigenvalue weighted by molar-refractivity contribution is 0.474. The fourth-order valence-electron chi connectivity index (χ4n) is 2.65. The number of nitrogens with zero attached hydrogens (tertiary/aromatic N) is 2. The minimum Gasteiger partial charge on any atom is -0.508 e. The number of aromatic hydroxyl groups is 1. The average molecular weight is 243 g/mol. The molecule has 1 heterocycles. The molecular formula is C14H17N3O. The Morgan fingerprint density at radius 3 is 3.06 bits per heavy atom. The first kappa shape index (κ1) is 11.3. The van der Waals surface area contributed by atoms with Crippen molar-refractivity contribution in [2.45, 2.75) is 32.2 Å². The Hall–Kier alpha value is -1.81. The second-order valence-electron chi connectivity index (χ2n) is 4.95. The van der Waals surface area contributed by atoms with Crippen molar-refractivity contribution in [2.75, 3.05) is 0 Å². The SMILES string of the molecule is Cc1nn(-c2cccc(O)c2)c2c1CC(N)CC2. The molecule has 4 nitrogen and oxygen atoms in total. The van der Waals surface area contributed by atoms with E-state index in [4.69, 9.17) is 5.73 Å². The molecule has 0 spiro atoms. The third kappa shape index (κ3) is 1.78. The van der Waals surface area contributed by atoms with E-state index in [1.54, 1.807) is 12.1 Å². The molecule has 1 aliphatic rings. The Bertz CT molecular complexity index is 589. The Morgan fingerprint density at radius 1 is 1.44 bits per heavy atom. The molecule has 1 unspecified atom stereocenters. The molecule has 0 radical (unpaired) electrons. The van der Waals surface area contributed by atoms with Gasteiger partial charge in [0.2, 0.25) is 0 Å². The molecule has 0 saturated carbocycles. The summed E-state index contributed by atoms with van der Waals surface area (Å²) in [4.78, 5) is 0. The van der Waals surface area contributed by atoms with Gasteiger partial charge in [-0.3, -0.25) is 0 Å². The lowest BCUT2D eigenvalue weighted by Gasteiger charge is -2.19. The fraction of sp³-hybridized carbons (Fsp3) is 0.357. The summed E-state index contributed by atoms with van der Waals surface area (Å²) in [5, 5.41) is 14.2. The maximum absolute atomic E-state index is 9.57. The van der Waals surface area contributed by atoms with Crippen molar-refractivity contribution < 1.29 is 5.11 Å². The fourth-order valence-corrected chi connectivity index (χ4v) is 2.65. The zero-order valence-corrected chi connectivity index (χ0v) is 10.4. The van der Waals surface area contributed by atoms with Crippen LogP contribution < -0.4 is 5.73 Å². The summed E-state index contributed by atoms with van der Waals surface area (Å²) < 4.78 is 1.94. The minimum atomic E-state index is 0.248. The van der Waals surface area contributed by atoms with Gasteiger partial charge in [0.15, 0.2) is 0 Å². The molecule has 0 amide bonds. The summed E-state index contributed by atoms with van der Waals surface area (Å²) in [6.07, 6.45) is 2.85. The molecule has 0 aliphatic heterocycles. The van der Waals surface area contributed by atoms with Gasteiger partial charge in [0.1, 0.15) is 5.75 Å². The summed E-state index contributed by atoms with van der Waals surface area (Å²) >= 11 is 0. The molecular weight excluding hydrogens is 226 g/mol. The second-order valence-corrected chi connectivity index (χ2v) is 4.95. The van der Waals surface area contributed by atoms with E-state index in [2.05, 4.69) is 5.10 Å². The van der Waals surface area contributed by atoms with Crippen molar-refractivity contribution >= 4 is 0 Å². The lowest BCUT2D eigenvalue weighted by atomic mass is 9.92. The normalized spacial score (nSPS) is 18.7. The lowest BCUT2D eigenvalue weighted by Crippen LogP contribution is -2.28.